The number of pyridine rings is 3. The quantitative estimate of drug-likeness (QED) is 0.586. The van der Waals surface area contributed by atoms with Crippen molar-refractivity contribution < 1.29 is 0 Å². The maximum Gasteiger partial charge on any atom is 0.180 e. The second-order valence-electron chi connectivity index (χ2n) is 4.16. The molecule has 0 fully saturated rings. The molecule has 0 N–H and O–H groups in total. The second kappa shape index (κ2) is 7.55. The number of aryl methyl sites for hydroxylation is 1. The largest absolute Gasteiger partial charge is 0.255 e. The molecule has 0 radical (unpaired) electrons. The molecule has 0 amide bonds. The normalized spacial score (nSPS) is 10.3. The van der Waals surface area contributed by atoms with Crippen molar-refractivity contribution in [3.63, 3.8) is 0 Å². The lowest BCUT2D eigenvalue weighted by molar-refractivity contribution is 1.19. The lowest BCUT2D eigenvalue weighted by Crippen LogP contribution is -1.91. The van der Waals surface area contributed by atoms with E-state index in [1.165, 1.54) is 0 Å². The van der Waals surface area contributed by atoms with Gasteiger partial charge in [0.15, 0.2) is 9.94 Å². The van der Waals surface area contributed by atoms with Gasteiger partial charge in [0.2, 0.25) is 0 Å². The van der Waals surface area contributed by atoms with E-state index in [2.05, 4.69) is 15.0 Å². The van der Waals surface area contributed by atoms with Gasteiger partial charge in [-0.25, -0.2) is 9.97 Å². The van der Waals surface area contributed by atoms with Gasteiger partial charge in [0, 0.05) is 17.3 Å². The van der Waals surface area contributed by atoms with Crippen LogP contribution in [0.2, 0.25) is 0 Å². The van der Waals surface area contributed by atoms with Gasteiger partial charge in [0.1, 0.15) is 0 Å². The van der Waals surface area contributed by atoms with Crippen molar-refractivity contribution in [3.8, 4) is 11.4 Å². The highest BCUT2D eigenvalue weighted by molar-refractivity contribution is 6.63. The van der Waals surface area contributed by atoms with Gasteiger partial charge in [-0.2, -0.15) is 0 Å². The van der Waals surface area contributed by atoms with Gasteiger partial charge < -0.3 is 0 Å². The third kappa shape index (κ3) is 4.81. The minimum atomic E-state index is -0.750. The van der Waals surface area contributed by atoms with Gasteiger partial charge >= 0.3 is 0 Å². The Hall–Kier alpha value is -1.42. The molecule has 0 aromatic carbocycles. The summed E-state index contributed by atoms with van der Waals surface area (Å²) in [5, 5.41) is 1.05. The van der Waals surface area contributed by atoms with E-state index in [1.807, 2.05) is 49.4 Å². The highest BCUT2D eigenvalue weighted by Crippen LogP contribution is 2.17. The van der Waals surface area contributed by atoms with E-state index in [0.29, 0.717) is 0 Å². The third-order valence-electron chi connectivity index (χ3n) is 2.62. The first-order valence-corrected chi connectivity index (χ1v) is 7.45. The molecule has 21 heavy (non-hydrogen) atoms. The molecule has 0 bridgehead atoms. The Morgan fingerprint density at radius 2 is 1.57 bits per heavy atom. The van der Waals surface area contributed by atoms with Crippen molar-refractivity contribution in [2.24, 2.45) is 0 Å². The Bertz CT molecular complexity index is 715. The molecule has 0 saturated heterocycles. The molecule has 0 spiro atoms. The molecule has 0 aliphatic carbocycles. The Labute approximate surface area is 137 Å². The van der Waals surface area contributed by atoms with E-state index < -0.39 is 4.30 Å². The first-order valence-electron chi connectivity index (χ1n) is 6.14. The van der Waals surface area contributed by atoms with Crippen molar-refractivity contribution >= 4 is 45.8 Å². The van der Waals surface area contributed by atoms with Crippen LogP contribution in [0.1, 0.15) is 5.69 Å². The van der Waals surface area contributed by atoms with Crippen molar-refractivity contribution in [3.05, 3.63) is 54.4 Å². The van der Waals surface area contributed by atoms with Gasteiger partial charge in [0.05, 0.1) is 11.4 Å². The predicted octanol–water partition coefficient (Wildman–Crippen LogP) is 4.99. The molecular formula is C15H12Cl3N3. The average molecular weight is 341 g/mol. The fourth-order valence-electron chi connectivity index (χ4n) is 1.75. The fraction of sp³-hybridized carbons (Fsp3) is 0.133. The summed E-state index contributed by atoms with van der Waals surface area (Å²) in [5.74, 6) is 0. The first-order chi connectivity index (χ1) is 10.1. The zero-order valence-corrected chi connectivity index (χ0v) is 13.4. The summed E-state index contributed by atoms with van der Waals surface area (Å²) in [7, 11) is 0. The number of rotatable bonds is 1. The zero-order chi connectivity index (χ0) is 15.2. The Morgan fingerprint density at radius 1 is 0.857 bits per heavy atom. The predicted molar refractivity (Wildman–Crippen MR) is 88.9 cm³/mol. The molecule has 0 saturated carbocycles. The van der Waals surface area contributed by atoms with E-state index in [0.717, 1.165) is 28.1 Å². The van der Waals surface area contributed by atoms with Gasteiger partial charge in [0.25, 0.3) is 0 Å². The van der Waals surface area contributed by atoms with Crippen LogP contribution in [0.4, 0.5) is 0 Å². The number of alkyl halides is 3. The summed E-state index contributed by atoms with van der Waals surface area (Å²) in [6, 6.07) is 13.8. The zero-order valence-electron chi connectivity index (χ0n) is 11.2. The summed E-state index contributed by atoms with van der Waals surface area (Å²) >= 11 is 14.4. The first kappa shape index (κ1) is 16.0. The number of aromatic nitrogens is 3. The number of hydrogen-bond donors (Lipinski definition) is 0. The summed E-state index contributed by atoms with van der Waals surface area (Å²) in [5.41, 5.74) is 3.48. The lowest BCUT2D eigenvalue weighted by Gasteiger charge is -2.02. The van der Waals surface area contributed by atoms with Crippen LogP contribution in [0, 0.1) is 6.92 Å². The summed E-state index contributed by atoms with van der Waals surface area (Å²) < 4.78 is -0.750. The number of halogens is 3. The topological polar surface area (TPSA) is 38.7 Å². The highest BCUT2D eigenvalue weighted by Gasteiger charge is 2.02. The molecule has 0 aliphatic rings. The standard InChI is InChI=1S/C14H11N3.CHCl3/c1-10-5-6-11-7-8-13(17-14(11)16-10)12-4-2-3-9-15-12;2-1(3)4/h2-9H,1H3;1H. The van der Waals surface area contributed by atoms with Crippen LogP contribution in [0.5, 0.6) is 0 Å². The number of nitrogens with zero attached hydrogens (tertiary/aromatic N) is 3. The van der Waals surface area contributed by atoms with Crippen LogP contribution in [0.3, 0.4) is 0 Å². The van der Waals surface area contributed by atoms with Gasteiger partial charge in [-0.15, -0.1) is 0 Å². The molecule has 3 heterocycles. The summed E-state index contributed by atoms with van der Waals surface area (Å²) in [6.45, 7) is 1.97. The van der Waals surface area contributed by atoms with E-state index in [9.17, 15) is 0 Å². The minimum Gasteiger partial charge on any atom is -0.255 e. The van der Waals surface area contributed by atoms with Crippen molar-refractivity contribution in [1.29, 1.82) is 0 Å². The van der Waals surface area contributed by atoms with Gasteiger partial charge in [-0.1, -0.05) is 40.9 Å². The SMILES string of the molecule is Cc1ccc2ccc(-c3ccccn3)nc2n1.ClC(Cl)Cl. The maximum atomic E-state index is 4.81. The minimum absolute atomic E-state index is 0.750. The molecule has 108 valence electrons. The van der Waals surface area contributed by atoms with Crippen LogP contribution in [-0.4, -0.2) is 19.2 Å². The van der Waals surface area contributed by atoms with Crippen LogP contribution in [-0.2, 0) is 0 Å². The van der Waals surface area contributed by atoms with E-state index in [1.54, 1.807) is 6.20 Å². The van der Waals surface area contributed by atoms with Gasteiger partial charge in [-0.05, 0) is 43.3 Å². The monoisotopic (exact) mass is 339 g/mol. The van der Waals surface area contributed by atoms with Crippen LogP contribution in [0.25, 0.3) is 22.4 Å². The Balaban J connectivity index is 0.000000361. The molecule has 3 aromatic rings. The molecule has 3 rings (SSSR count). The fourth-order valence-corrected chi connectivity index (χ4v) is 1.75. The number of hydrogen-bond acceptors (Lipinski definition) is 3. The third-order valence-corrected chi connectivity index (χ3v) is 2.62. The summed E-state index contributed by atoms with van der Waals surface area (Å²) in [4.78, 5) is 13.2. The smallest absolute Gasteiger partial charge is 0.180 e. The van der Waals surface area contributed by atoms with Crippen molar-refractivity contribution in [2.45, 2.75) is 11.2 Å². The van der Waals surface area contributed by atoms with E-state index >= 15 is 0 Å². The molecule has 0 atom stereocenters. The maximum absolute atomic E-state index is 4.81. The van der Waals surface area contributed by atoms with Crippen LogP contribution >= 0.6 is 34.8 Å². The van der Waals surface area contributed by atoms with Crippen LogP contribution in [0.15, 0.2) is 48.7 Å². The Kier molecular flexibility index (Phi) is 5.74. The van der Waals surface area contributed by atoms with Crippen LogP contribution < -0.4 is 0 Å². The Morgan fingerprint density at radius 3 is 2.24 bits per heavy atom. The summed E-state index contributed by atoms with van der Waals surface area (Å²) in [6.07, 6.45) is 1.77. The van der Waals surface area contributed by atoms with Crippen molar-refractivity contribution in [1.82, 2.24) is 15.0 Å². The van der Waals surface area contributed by atoms with Crippen molar-refractivity contribution in [2.75, 3.05) is 0 Å². The molecule has 3 aromatic heterocycles. The van der Waals surface area contributed by atoms with E-state index in [-0.39, 0.29) is 0 Å². The molecule has 0 aliphatic heterocycles. The molecular weight excluding hydrogens is 329 g/mol. The van der Waals surface area contributed by atoms with E-state index in [4.69, 9.17) is 34.8 Å². The van der Waals surface area contributed by atoms with Gasteiger partial charge in [-0.3, -0.25) is 4.98 Å². The lowest BCUT2D eigenvalue weighted by atomic mass is 10.2. The molecule has 3 nitrogen and oxygen atoms in total. The highest BCUT2D eigenvalue weighted by atomic mass is 35.6. The average Bonchev–Trinajstić information content (AvgIpc) is 2.47. The second-order valence-corrected chi connectivity index (χ2v) is 6.14. The molecule has 6 heteroatoms. The molecule has 0 unspecified atom stereocenters. The number of fused-ring (bicyclic) bond motifs is 1.